The van der Waals surface area contributed by atoms with Gasteiger partial charge in [-0.05, 0) is 23.3 Å². The third kappa shape index (κ3) is 2.44. The van der Waals surface area contributed by atoms with Gasteiger partial charge in [-0.2, -0.15) is 0 Å². The highest BCUT2D eigenvalue weighted by atomic mass is 15.1. The Balaban J connectivity index is 1.78. The van der Waals surface area contributed by atoms with E-state index in [9.17, 15) is 0 Å². The molecule has 3 aromatic carbocycles. The van der Waals surface area contributed by atoms with Crippen molar-refractivity contribution in [1.82, 2.24) is 5.32 Å². The van der Waals surface area contributed by atoms with Crippen molar-refractivity contribution in [2.45, 2.75) is 5.54 Å². The largest absolute Gasteiger partial charge is 0.399 e. The number of benzene rings is 3. The minimum atomic E-state index is -0.345. The highest BCUT2D eigenvalue weighted by molar-refractivity contribution is 6.01. The first-order valence-corrected chi connectivity index (χ1v) is 8.07. The lowest BCUT2D eigenvalue weighted by atomic mass is 9.83. The van der Waals surface area contributed by atoms with Gasteiger partial charge in [-0.25, -0.2) is 0 Å². The molecule has 3 heteroatoms. The molecule has 3 N–H and O–H groups in total. The second kappa shape index (κ2) is 5.85. The van der Waals surface area contributed by atoms with E-state index < -0.39 is 0 Å². The molecule has 0 saturated heterocycles. The maximum atomic E-state index is 5.93. The van der Waals surface area contributed by atoms with E-state index in [-0.39, 0.29) is 5.54 Å². The quantitative estimate of drug-likeness (QED) is 0.726. The standard InChI is InChI=1S/C21H19N3/c22-19-13-7-8-16(14-19)20-23-15-21(24-20,17-9-3-1-4-10-17)18-11-5-2-6-12-18/h1-14H,15,22H2,(H,23,24). The molecule has 24 heavy (non-hydrogen) atoms. The van der Waals surface area contributed by atoms with Crippen LogP contribution < -0.4 is 11.1 Å². The number of aliphatic imine (C=N–C) groups is 1. The van der Waals surface area contributed by atoms with Crippen molar-refractivity contribution >= 4 is 11.5 Å². The Morgan fingerprint density at radius 2 is 1.42 bits per heavy atom. The Labute approximate surface area is 141 Å². The summed E-state index contributed by atoms with van der Waals surface area (Å²) in [5.41, 5.74) is 9.76. The average Bonchev–Trinajstić information content (AvgIpc) is 3.10. The van der Waals surface area contributed by atoms with Crippen molar-refractivity contribution < 1.29 is 0 Å². The lowest BCUT2D eigenvalue weighted by Gasteiger charge is -2.31. The number of nitrogen functional groups attached to an aromatic ring is 1. The first kappa shape index (κ1) is 14.5. The van der Waals surface area contributed by atoms with Crippen molar-refractivity contribution in [3.8, 4) is 0 Å². The molecule has 118 valence electrons. The van der Waals surface area contributed by atoms with E-state index in [0.29, 0.717) is 6.54 Å². The molecule has 0 aromatic heterocycles. The summed E-state index contributed by atoms with van der Waals surface area (Å²) in [4.78, 5) is 4.80. The van der Waals surface area contributed by atoms with Gasteiger partial charge in [0.1, 0.15) is 11.4 Å². The zero-order valence-electron chi connectivity index (χ0n) is 13.3. The van der Waals surface area contributed by atoms with Gasteiger partial charge in [0.15, 0.2) is 0 Å². The normalized spacial score (nSPS) is 15.6. The van der Waals surface area contributed by atoms with Crippen LogP contribution in [0.3, 0.4) is 0 Å². The van der Waals surface area contributed by atoms with Gasteiger partial charge in [0.05, 0.1) is 6.54 Å². The molecule has 3 nitrogen and oxygen atoms in total. The van der Waals surface area contributed by atoms with Crippen LogP contribution in [0.5, 0.6) is 0 Å². The molecule has 0 atom stereocenters. The van der Waals surface area contributed by atoms with E-state index in [4.69, 9.17) is 10.7 Å². The number of amidine groups is 1. The third-order valence-electron chi connectivity index (χ3n) is 4.50. The summed E-state index contributed by atoms with van der Waals surface area (Å²) in [6.07, 6.45) is 0. The summed E-state index contributed by atoms with van der Waals surface area (Å²) < 4.78 is 0. The number of anilines is 1. The number of hydrogen-bond donors (Lipinski definition) is 2. The predicted octanol–water partition coefficient (Wildman–Crippen LogP) is 3.56. The maximum absolute atomic E-state index is 5.93. The Bertz CT molecular complexity index is 830. The van der Waals surface area contributed by atoms with E-state index >= 15 is 0 Å². The first-order valence-electron chi connectivity index (χ1n) is 8.07. The van der Waals surface area contributed by atoms with Gasteiger partial charge >= 0.3 is 0 Å². The fourth-order valence-electron chi connectivity index (χ4n) is 3.27. The smallest absolute Gasteiger partial charge is 0.129 e. The Morgan fingerprint density at radius 1 is 0.792 bits per heavy atom. The van der Waals surface area contributed by atoms with Crippen LogP contribution >= 0.6 is 0 Å². The van der Waals surface area contributed by atoms with Gasteiger partial charge in [-0.1, -0.05) is 72.8 Å². The molecule has 1 heterocycles. The van der Waals surface area contributed by atoms with Gasteiger partial charge in [0, 0.05) is 11.3 Å². The SMILES string of the molecule is Nc1cccc(C2=NCC(c3ccccc3)(c3ccccc3)N2)c1. The van der Waals surface area contributed by atoms with Crippen molar-refractivity contribution in [3.63, 3.8) is 0 Å². The molecule has 3 aromatic rings. The summed E-state index contributed by atoms with van der Waals surface area (Å²) in [5, 5.41) is 3.68. The topological polar surface area (TPSA) is 50.4 Å². The molecule has 0 unspecified atom stereocenters. The molecular formula is C21H19N3. The van der Waals surface area contributed by atoms with E-state index in [2.05, 4.69) is 53.8 Å². The fourth-order valence-corrected chi connectivity index (χ4v) is 3.27. The molecule has 0 aliphatic carbocycles. The maximum Gasteiger partial charge on any atom is 0.129 e. The lowest BCUT2D eigenvalue weighted by Crippen LogP contribution is -2.44. The summed E-state index contributed by atoms with van der Waals surface area (Å²) in [6.45, 7) is 0.658. The minimum Gasteiger partial charge on any atom is -0.399 e. The summed E-state index contributed by atoms with van der Waals surface area (Å²) >= 11 is 0. The van der Waals surface area contributed by atoms with Gasteiger partial charge < -0.3 is 11.1 Å². The zero-order valence-corrected chi connectivity index (χ0v) is 13.3. The molecule has 0 radical (unpaired) electrons. The number of hydrogen-bond acceptors (Lipinski definition) is 3. The Kier molecular flexibility index (Phi) is 3.54. The van der Waals surface area contributed by atoms with Crippen LogP contribution in [0.2, 0.25) is 0 Å². The predicted molar refractivity (Wildman–Crippen MR) is 99.1 cm³/mol. The van der Waals surface area contributed by atoms with Gasteiger partial charge in [-0.15, -0.1) is 0 Å². The van der Waals surface area contributed by atoms with Crippen LogP contribution in [0.4, 0.5) is 5.69 Å². The van der Waals surface area contributed by atoms with E-state index in [1.807, 2.05) is 36.4 Å². The zero-order chi connectivity index (χ0) is 16.4. The summed E-state index contributed by atoms with van der Waals surface area (Å²) in [7, 11) is 0. The molecule has 0 fully saturated rings. The monoisotopic (exact) mass is 313 g/mol. The molecular weight excluding hydrogens is 294 g/mol. The molecule has 1 aliphatic heterocycles. The molecule has 1 aliphatic rings. The van der Waals surface area contributed by atoms with Crippen molar-refractivity contribution in [1.29, 1.82) is 0 Å². The van der Waals surface area contributed by atoms with Crippen LogP contribution in [-0.4, -0.2) is 12.4 Å². The van der Waals surface area contributed by atoms with Crippen molar-refractivity contribution in [2.75, 3.05) is 12.3 Å². The molecule has 0 bridgehead atoms. The summed E-state index contributed by atoms with van der Waals surface area (Å²) in [5.74, 6) is 0.884. The van der Waals surface area contributed by atoms with E-state index in [1.165, 1.54) is 11.1 Å². The van der Waals surface area contributed by atoms with Gasteiger partial charge in [0.25, 0.3) is 0 Å². The summed E-state index contributed by atoms with van der Waals surface area (Å²) in [6, 6.07) is 28.8. The average molecular weight is 313 g/mol. The molecule has 0 amide bonds. The second-order valence-corrected chi connectivity index (χ2v) is 6.05. The Hall–Kier alpha value is -3.07. The van der Waals surface area contributed by atoms with Crippen molar-refractivity contribution in [3.05, 3.63) is 102 Å². The highest BCUT2D eigenvalue weighted by Crippen LogP contribution is 2.33. The lowest BCUT2D eigenvalue weighted by molar-refractivity contribution is 0.524. The number of nitrogens with one attached hydrogen (secondary N) is 1. The van der Waals surface area contributed by atoms with Gasteiger partial charge in [-0.3, -0.25) is 4.99 Å². The van der Waals surface area contributed by atoms with Gasteiger partial charge in [0.2, 0.25) is 0 Å². The first-order chi connectivity index (χ1) is 11.8. The minimum absolute atomic E-state index is 0.345. The van der Waals surface area contributed by atoms with Crippen LogP contribution in [0.25, 0.3) is 0 Å². The van der Waals surface area contributed by atoms with E-state index in [1.54, 1.807) is 0 Å². The number of nitrogens with zero attached hydrogens (tertiary/aromatic N) is 1. The van der Waals surface area contributed by atoms with Crippen LogP contribution in [0.1, 0.15) is 16.7 Å². The Morgan fingerprint density at radius 3 is 2.00 bits per heavy atom. The van der Waals surface area contributed by atoms with E-state index in [0.717, 1.165) is 17.1 Å². The molecule has 0 saturated carbocycles. The number of nitrogens with two attached hydrogens (primary N) is 1. The van der Waals surface area contributed by atoms with Crippen LogP contribution in [0.15, 0.2) is 89.9 Å². The molecule has 0 spiro atoms. The van der Waals surface area contributed by atoms with Crippen molar-refractivity contribution in [2.24, 2.45) is 4.99 Å². The number of rotatable bonds is 3. The third-order valence-corrected chi connectivity index (χ3v) is 4.50. The fraction of sp³-hybridized carbons (Fsp3) is 0.0952. The van der Waals surface area contributed by atoms with Crippen LogP contribution in [0, 0.1) is 0 Å². The second-order valence-electron chi connectivity index (χ2n) is 6.05. The highest BCUT2D eigenvalue weighted by Gasteiger charge is 2.39. The molecule has 4 rings (SSSR count). The van der Waals surface area contributed by atoms with Crippen LogP contribution in [-0.2, 0) is 5.54 Å².